The highest BCUT2D eigenvalue weighted by atomic mass is 16.3. The van der Waals surface area contributed by atoms with Crippen LogP contribution in [0.2, 0.25) is 0 Å². The second-order valence-corrected chi connectivity index (χ2v) is 4.66. The summed E-state index contributed by atoms with van der Waals surface area (Å²) >= 11 is 0. The van der Waals surface area contributed by atoms with E-state index in [0.717, 1.165) is 38.1 Å². The van der Waals surface area contributed by atoms with Crippen LogP contribution in [0.4, 0.5) is 0 Å². The molecule has 3 nitrogen and oxygen atoms in total. The third-order valence-electron chi connectivity index (χ3n) is 3.43. The van der Waals surface area contributed by atoms with Crippen LogP contribution < -0.4 is 5.32 Å². The van der Waals surface area contributed by atoms with E-state index in [4.69, 9.17) is 4.42 Å². The summed E-state index contributed by atoms with van der Waals surface area (Å²) in [5, 5.41) is 13.0. The highest BCUT2D eigenvalue weighted by Gasteiger charge is 2.24. The molecule has 1 aliphatic carbocycles. The van der Waals surface area contributed by atoms with Gasteiger partial charge in [0.05, 0.1) is 18.9 Å². The first kappa shape index (κ1) is 11.7. The van der Waals surface area contributed by atoms with Crippen molar-refractivity contribution >= 4 is 0 Å². The van der Waals surface area contributed by atoms with Crippen LogP contribution in [0, 0.1) is 5.92 Å². The zero-order valence-corrected chi connectivity index (χ0v) is 9.69. The number of aliphatic hydroxyl groups is 1. The van der Waals surface area contributed by atoms with E-state index >= 15 is 0 Å². The Kier molecular flexibility index (Phi) is 4.43. The van der Waals surface area contributed by atoms with Crippen molar-refractivity contribution in [2.24, 2.45) is 5.92 Å². The largest absolute Gasteiger partial charge is 0.468 e. The van der Waals surface area contributed by atoms with E-state index in [1.165, 1.54) is 12.8 Å². The van der Waals surface area contributed by atoms with Crippen LogP contribution in [0.1, 0.15) is 37.9 Å². The lowest BCUT2D eigenvalue weighted by molar-refractivity contribution is 0.126. The minimum absolute atomic E-state index is 0.0370. The molecule has 0 saturated heterocycles. The van der Waals surface area contributed by atoms with Gasteiger partial charge in [-0.05, 0) is 50.3 Å². The van der Waals surface area contributed by atoms with Crippen LogP contribution in [0.25, 0.3) is 0 Å². The van der Waals surface area contributed by atoms with Crippen molar-refractivity contribution in [1.29, 1.82) is 0 Å². The molecule has 1 heterocycles. The third-order valence-corrected chi connectivity index (χ3v) is 3.43. The van der Waals surface area contributed by atoms with Gasteiger partial charge in [-0.2, -0.15) is 0 Å². The van der Waals surface area contributed by atoms with Crippen molar-refractivity contribution in [3.63, 3.8) is 0 Å². The fourth-order valence-corrected chi connectivity index (χ4v) is 2.47. The van der Waals surface area contributed by atoms with Crippen molar-refractivity contribution in [2.75, 3.05) is 6.54 Å². The van der Waals surface area contributed by atoms with Gasteiger partial charge in [-0.25, -0.2) is 0 Å². The highest BCUT2D eigenvalue weighted by molar-refractivity contribution is 4.97. The summed E-state index contributed by atoms with van der Waals surface area (Å²) in [6.45, 7) is 1.81. The summed E-state index contributed by atoms with van der Waals surface area (Å²) in [7, 11) is 0. The lowest BCUT2D eigenvalue weighted by Gasteiger charge is -2.13. The molecule has 1 saturated carbocycles. The second kappa shape index (κ2) is 6.06. The van der Waals surface area contributed by atoms with Crippen LogP contribution in [0.3, 0.4) is 0 Å². The van der Waals surface area contributed by atoms with E-state index < -0.39 is 0 Å². The standard InChI is InChI=1S/C13H21NO2/c15-13-7-1-4-11(13)5-2-8-14-10-12-6-3-9-16-12/h3,6,9,11,13-15H,1-2,4-5,7-8,10H2. The number of nitrogens with one attached hydrogen (secondary N) is 1. The molecule has 3 heteroatoms. The molecule has 0 bridgehead atoms. The Labute approximate surface area is 96.8 Å². The molecule has 90 valence electrons. The summed E-state index contributed by atoms with van der Waals surface area (Å²) in [5.41, 5.74) is 0. The van der Waals surface area contributed by atoms with E-state index in [1.54, 1.807) is 6.26 Å². The average molecular weight is 223 g/mol. The minimum atomic E-state index is -0.0370. The normalized spacial score (nSPS) is 25.1. The molecule has 16 heavy (non-hydrogen) atoms. The molecule has 2 unspecified atom stereocenters. The molecule has 2 rings (SSSR count). The van der Waals surface area contributed by atoms with Crippen molar-refractivity contribution in [2.45, 2.75) is 44.8 Å². The summed E-state index contributed by atoms with van der Waals surface area (Å²) in [5.74, 6) is 1.53. The first-order valence-electron chi connectivity index (χ1n) is 6.27. The number of hydrogen-bond donors (Lipinski definition) is 2. The summed E-state index contributed by atoms with van der Waals surface area (Å²) in [6.07, 6.45) is 7.36. The maximum absolute atomic E-state index is 9.66. The number of furan rings is 1. The van der Waals surface area contributed by atoms with Crippen molar-refractivity contribution in [1.82, 2.24) is 5.32 Å². The number of rotatable bonds is 6. The maximum atomic E-state index is 9.66. The molecule has 0 radical (unpaired) electrons. The second-order valence-electron chi connectivity index (χ2n) is 4.66. The van der Waals surface area contributed by atoms with Crippen LogP contribution in [0.5, 0.6) is 0 Å². The Hall–Kier alpha value is -0.800. The Balaban J connectivity index is 1.52. The average Bonchev–Trinajstić information content (AvgIpc) is 2.90. The van der Waals surface area contributed by atoms with Crippen LogP contribution in [-0.4, -0.2) is 17.8 Å². The molecular weight excluding hydrogens is 202 g/mol. The van der Waals surface area contributed by atoms with Crippen LogP contribution in [0.15, 0.2) is 22.8 Å². The summed E-state index contributed by atoms with van der Waals surface area (Å²) < 4.78 is 5.23. The third kappa shape index (κ3) is 3.35. The van der Waals surface area contributed by atoms with Gasteiger partial charge < -0.3 is 14.8 Å². The first-order chi connectivity index (χ1) is 7.86. The lowest BCUT2D eigenvalue weighted by atomic mass is 10.00. The Morgan fingerprint density at radius 1 is 1.44 bits per heavy atom. The van der Waals surface area contributed by atoms with Gasteiger partial charge in [0.1, 0.15) is 5.76 Å². The molecule has 1 aliphatic rings. The number of aliphatic hydroxyl groups excluding tert-OH is 1. The highest BCUT2D eigenvalue weighted by Crippen LogP contribution is 2.28. The van der Waals surface area contributed by atoms with E-state index in [1.807, 2.05) is 12.1 Å². The maximum Gasteiger partial charge on any atom is 0.117 e. The zero-order chi connectivity index (χ0) is 11.2. The predicted molar refractivity (Wildman–Crippen MR) is 63.0 cm³/mol. The Morgan fingerprint density at radius 3 is 3.06 bits per heavy atom. The van der Waals surface area contributed by atoms with E-state index in [0.29, 0.717) is 5.92 Å². The zero-order valence-electron chi connectivity index (χ0n) is 9.69. The van der Waals surface area contributed by atoms with E-state index in [-0.39, 0.29) is 6.10 Å². The fourth-order valence-electron chi connectivity index (χ4n) is 2.47. The van der Waals surface area contributed by atoms with E-state index in [2.05, 4.69) is 5.32 Å². The molecule has 0 amide bonds. The Bertz CT molecular complexity index is 284. The van der Waals surface area contributed by atoms with Gasteiger partial charge in [0, 0.05) is 0 Å². The predicted octanol–water partition coefficient (Wildman–Crippen LogP) is 2.31. The summed E-state index contributed by atoms with van der Waals surface area (Å²) in [4.78, 5) is 0. The van der Waals surface area contributed by atoms with Gasteiger partial charge in [-0.3, -0.25) is 0 Å². The van der Waals surface area contributed by atoms with Gasteiger partial charge in [0.15, 0.2) is 0 Å². The molecule has 0 spiro atoms. The van der Waals surface area contributed by atoms with Crippen molar-refractivity contribution in [3.05, 3.63) is 24.2 Å². The fraction of sp³-hybridized carbons (Fsp3) is 0.692. The van der Waals surface area contributed by atoms with Gasteiger partial charge in [0.25, 0.3) is 0 Å². The minimum Gasteiger partial charge on any atom is -0.468 e. The Morgan fingerprint density at radius 2 is 2.38 bits per heavy atom. The smallest absolute Gasteiger partial charge is 0.117 e. The van der Waals surface area contributed by atoms with E-state index in [9.17, 15) is 5.11 Å². The van der Waals surface area contributed by atoms with Gasteiger partial charge in [-0.15, -0.1) is 0 Å². The lowest BCUT2D eigenvalue weighted by Crippen LogP contribution is -2.18. The molecule has 1 aromatic heterocycles. The summed E-state index contributed by atoms with van der Waals surface area (Å²) in [6, 6.07) is 3.89. The molecule has 2 N–H and O–H groups in total. The molecular formula is C13H21NO2. The van der Waals surface area contributed by atoms with Crippen LogP contribution >= 0.6 is 0 Å². The quantitative estimate of drug-likeness (QED) is 0.727. The van der Waals surface area contributed by atoms with Gasteiger partial charge in [-0.1, -0.05) is 6.42 Å². The molecule has 2 atom stereocenters. The van der Waals surface area contributed by atoms with Gasteiger partial charge >= 0.3 is 0 Å². The molecule has 1 fully saturated rings. The van der Waals surface area contributed by atoms with Gasteiger partial charge in [0.2, 0.25) is 0 Å². The monoisotopic (exact) mass is 223 g/mol. The number of hydrogen-bond acceptors (Lipinski definition) is 3. The van der Waals surface area contributed by atoms with Crippen LogP contribution in [-0.2, 0) is 6.54 Å². The first-order valence-corrected chi connectivity index (χ1v) is 6.27. The molecule has 0 aromatic carbocycles. The molecule has 0 aliphatic heterocycles. The topological polar surface area (TPSA) is 45.4 Å². The SMILES string of the molecule is OC1CCCC1CCCNCc1ccco1. The van der Waals surface area contributed by atoms with Crippen molar-refractivity contribution in [3.8, 4) is 0 Å². The van der Waals surface area contributed by atoms with Crippen molar-refractivity contribution < 1.29 is 9.52 Å². The molecule has 1 aromatic rings.